The van der Waals surface area contributed by atoms with Crippen LogP contribution in [0.3, 0.4) is 0 Å². The van der Waals surface area contributed by atoms with Crippen LogP contribution >= 0.6 is 11.6 Å². The van der Waals surface area contributed by atoms with Crippen molar-refractivity contribution in [3.63, 3.8) is 0 Å². The molecule has 0 radical (unpaired) electrons. The number of nitrogens with one attached hydrogen (secondary N) is 2. The van der Waals surface area contributed by atoms with Crippen LogP contribution in [-0.2, 0) is 6.42 Å². The quantitative estimate of drug-likeness (QED) is 0.901. The number of pyridine rings is 1. The van der Waals surface area contributed by atoms with Gasteiger partial charge in [-0.25, -0.2) is 4.79 Å². The highest BCUT2D eigenvalue weighted by Crippen LogP contribution is 2.19. The number of amides is 2. The highest BCUT2D eigenvalue weighted by atomic mass is 35.5. The molecule has 0 fully saturated rings. The van der Waals surface area contributed by atoms with Crippen LogP contribution in [0, 0.1) is 0 Å². The predicted octanol–water partition coefficient (Wildman–Crippen LogP) is 3.10. The van der Waals surface area contributed by atoms with Gasteiger partial charge in [0.1, 0.15) is 0 Å². The lowest BCUT2D eigenvalue weighted by atomic mass is 10.3. The largest absolute Gasteiger partial charge is 0.337 e. The van der Waals surface area contributed by atoms with Crippen LogP contribution in [-0.4, -0.2) is 17.6 Å². The normalized spacial score (nSPS) is 9.95. The van der Waals surface area contributed by atoms with Gasteiger partial charge in [0.05, 0.1) is 10.7 Å². The molecule has 0 aliphatic carbocycles. The molecule has 0 aliphatic rings. The summed E-state index contributed by atoms with van der Waals surface area (Å²) >= 11 is 5.95. The number of hydrogen-bond acceptors (Lipinski definition) is 2. The summed E-state index contributed by atoms with van der Waals surface area (Å²) in [5, 5.41) is 5.97. The maximum atomic E-state index is 11.7. The Balaban J connectivity index is 1.78. The van der Waals surface area contributed by atoms with E-state index in [9.17, 15) is 4.79 Å². The lowest BCUT2D eigenvalue weighted by Crippen LogP contribution is -2.30. The van der Waals surface area contributed by atoms with E-state index in [0.29, 0.717) is 23.7 Å². The minimum absolute atomic E-state index is 0.274. The van der Waals surface area contributed by atoms with E-state index in [0.717, 1.165) is 5.69 Å². The number of urea groups is 1. The molecule has 0 aliphatic heterocycles. The Morgan fingerprint density at radius 2 is 1.95 bits per heavy atom. The second kappa shape index (κ2) is 6.75. The van der Waals surface area contributed by atoms with Crippen molar-refractivity contribution in [2.45, 2.75) is 6.42 Å². The summed E-state index contributed by atoms with van der Waals surface area (Å²) in [5.74, 6) is 0. The zero-order chi connectivity index (χ0) is 13.5. The third kappa shape index (κ3) is 4.26. The average Bonchev–Trinajstić information content (AvgIpc) is 2.43. The number of anilines is 1. The summed E-state index contributed by atoms with van der Waals surface area (Å²) in [5.41, 5.74) is 1.54. The molecule has 1 aromatic heterocycles. The van der Waals surface area contributed by atoms with Crippen molar-refractivity contribution in [3.05, 3.63) is 59.4 Å². The van der Waals surface area contributed by atoms with Gasteiger partial charge in [0.15, 0.2) is 0 Å². The number of para-hydroxylation sites is 1. The van der Waals surface area contributed by atoms with Gasteiger partial charge in [-0.15, -0.1) is 0 Å². The summed E-state index contributed by atoms with van der Waals surface area (Å²) in [7, 11) is 0. The SMILES string of the molecule is O=C(NCCc1ccccn1)Nc1ccccc1Cl. The third-order valence-electron chi connectivity index (χ3n) is 2.51. The molecule has 2 amide bonds. The first-order valence-electron chi connectivity index (χ1n) is 5.95. The summed E-state index contributed by atoms with van der Waals surface area (Å²) < 4.78 is 0. The Kier molecular flexibility index (Phi) is 4.75. The molecular formula is C14H14ClN3O. The van der Waals surface area contributed by atoms with Gasteiger partial charge in [-0.2, -0.15) is 0 Å². The van der Waals surface area contributed by atoms with Gasteiger partial charge < -0.3 is 10.6 Å². The molecule has 0 atom stereocenters. The van der Waals surface area contributed by atoms with Crippen LogP contribution in [0.15, 0.2) is 48.7 Å². The van der Waals surface area contributed by atoms with E-state index in [4.69, 9.17) is 11.6 Å². The van der Waals surface area contributed by atoms with Gasteiger partial charge >= 0.3 is 6.03 Å². The van der Waals surface area contributed by atoms with E-state index >= 15 is 0 Å². The molecule has 0 saturated carbocycles. The second-order valence-corrected chi connectivity index (χ2v) is 4.34. The standard InChI is InChI=1S/C14H14ClN3O/c15-12-6-1-2-7-13(12)18-14(19)17-10-8-11-5-3-4-9-16-11/h1-7,9H,8,10H2,(H2,17,18,19). The molecule has 1 heterocycles. The van der Waals surface area contributed by atoms with E-state index in [1.54, 1.807) is 18.3 Å². The number of rotatable bonds is 4. The van der Waals surface area contributed by atoms with Crippen LogP contribution in [0.25, 0.3) is 0 Å². The van der Waals surface area contributed by atoms with Crippen molar-refractivity contribution >= 4 is 23.3 Å². The fourth-order valence-electron chi connectivity index (χ4n) is 1.58. The molecule has 2 N–H and O–H groups in total. The lowest BCUT2D eigenvalue weighted by Gasteiger charge is -2.08. The van der Waals surface area contributed by atoms with Crippen LogP contribution in [0.1, 0.15) is 5.69 Å². The topological polar surface area (TPSA) is 54.0 Å². The fraction of sp³-hybridized carbons (Fsp3) is 0.143. The number of hydrogen-bond donors (Lipinski definition) is 2. The van der Waals surface area contributed by atoms with Crippen LogP contribution in [0.5, 0.6) is 0 Å². The zero-order valence-electron chi connectivity index (χ0n) is 10.3. The summed E-state index contributed by atoms with van der Waals surface area (Å²) in [6.45, 7) is 0.521. The number of carbonyl (C=O) groups excluding carboxylic acids is 1. The van der Waals surface area contributed by atoms with Crippen LogP contribution < -0.4 is 10.6 Å². The summed E-state index contributed by atoms with van der Waals surface area (Å²) in [6, 6.07) is 12.5. The highest BCUT2D eigenvalue weighted by Gasteiger charge is 2.04. The molecule has 0 spiro atoms. The molecule has 98 valence electrons. The van der Waals surface area contributed by atoms with Crippen molar-refractivity contribution in [2.24, 2.45) is 0 Å². The van der Waals surface area contributed by atoms with Crippen LogP contribution in [0.2, 0.25) is 5.02 Å². The third-order valence-corrected chi connectivity index (χ3v) is 2.84. The molecule has 0 unspecified atom stereocenters. The van der Waals surface area contributed by atoms with E-state index in [1.807, 2.05) is 30.3 Å². The first kappa shape index (κ1) is 13.4. The summed E-state index contributed by atoms with van der Waals surface area (Å²) in [4.78, 5) is 15.8. The number of halogens is 1. The van der Waals surface area contributed by atoms with Gasteiger partial charge in [-0.1, -0.05) is 29.8 Å². The molecule has 19 heavy (non-hydrogen) atoms. The van der Waals surface area contributed by atoms with Crippen LogP contribution in [0.4, 0.5) is 10.5 Å². The summed E-state index contributed by atoms with van der Waals surface area (Å²) in [6.07, 6.45) is 2.43. The van der Waals surface area contributed by atoms with Gasteiger partial charge in [0.25, 0.3) is 0 Å². The molecular weight excluding hydrogens is 262 g/mol. The Labute approximate surface area is 116 Å². The lowest BCUT2D eigenvalue weighted by molar-refractivity contribution is 0.252. The molecule has 4 nitrogen and oxygen atoms in total. The molecule has 5 heteroatoms. The number of carbonyl (C=O) groups is 1. The van der Waals surface area contributed by atoms with Crippen molar-refractivity contribution in [3.8, 4) is 0 Å². The minimum Gasteiger partial charge on any atom is -0.337 e. The molecule has 0 saturated heterocycles. The molecule has 2 aromatic rings. The Morgan fingerprint density at radius 1 is 1.16 bits per heavy atom. The van der Waals surface area contributed by atoms with Gasteiger partial charge in [-0.3, -0.25) is 4.98 Å². The Bertz CT molecular complexity index is 545. The molecule has 0 bridgehead atoms. The predicted molar refractivity (Wildman–Crippen MR) is 76.4 cm³/mol. The van der Waals surface area contributed by atoms with Crippen molar-refractivity contribution in [1.29, 1.82) is 0 Å². The minimum atomic E-state index is -0.274. The van der Waals surface area contributed by atoms with E-state index in [2.05, 4.69) is 15.6 Å². The van der Waals surface area contributed by atoms with E-state index in [-0.39, 0.29) is 6.03 Å². The van der Waals surface area contributed by atoms with E-state index < -0.39 is 0 Å². The first-order chi connectivity index (χ1) is 9.25. The van der Waals surface area contributed by atoms with Crippen molar-refractivity contribution in [2.75, 3.05) is 11.9 Å². The van der Waals surface area contributed by atoms with Crippen molar-refractivity contribution < 1.29 is 4.79 Å². The van der Waals surface area contributed by atoms with Gasteiger partial charge in [0.2, 0.25) is 0 Å². The maximum Gasteiger partial charge on any atom is 0.319 e. The maximum absolute atomic E-state index is 11.7. The fourth-order valence-corrected chi connectivity index (χ4v) is 1.76. The highest BCUT2D eigenvalue weighted by molar-refractivity contribution is 6.33. The first-order valence-corrected chi connectivity index (χ1v) is 6.33. The number of nitrogens with zero attached hydrogens (tertiary/aromatic N) is 1. The Hall–Kier alpha value is -2.07. The number of benzene rings is 1. The number of aromatic nitrogens is 1. The smallest absolute Gasteiger partial charge is 0.319 e. The monoisotopic (exact) mass is 275 g/mol. The van der Waals surface area contributed by atoms with Gasteiger partial charge in [-0.05, 0) is 24.3 Å². The Morgan fingerprint density at radius 3 is 2.68 bits per heavy atom. The zero-order valence-corrected chi connectivity index (χ0v) is 11.0. The molecule has 2 rings (SSSR count). The second-order valence-electron chi connectivity index (χ2n) is 3.93. The van der Waals surface area contributed by atoms with Crippen molar-refractivity contribution in [1.82, 2.24) is 10.3 Å². The van der Waals surface area contributed by atoms with Gasteiger partial charge in [0, 0.05) is 24.9 Å². The van der Waals surface area contributed by atoms with E-state index in [1.165, 1.54) is 0 Å². The average molecular weight is 276 g/mol. The molecule has 1 aromatic carbocycles.